The van der Waals surface area contributed by atoms with E-state index in [9.17, 15) is 4.79 Å². The van der Waals surface area contributed by atoms with E-state index in [4.69, 9.17) is 10.5 Å². The summed E-state index contributed by atoms with van der Waals surface area (Å²) in [4.78, 5) is 12.0. The molecule has 3 rings (SSSR count). The molecule has 0 spiro atoms. The van der Waals surface area contributed by atoms with Crippen LogP contribution in [-0.2, 0) is 16.0 Å². The topological polar surface area (TPSA) is 82.2 Å². The minimum Gasteiger partial charge on any atom is -0.377 e. The maximum Gasteiger partial charge on any atom is 0.224 e. The standard InChI is InChI=1S/C16H20N4O2/c17-14-10-22-11-15(14)20-9-13(8-18-20)19-16(21)7-6-12-4-2-1-3-5-12/h1-5,8-9,14-15H,6-7,10-11,17H2,(H,19,21)/t14-,15+/m1/s1. The SMILES string of the molecule is N[C@@H]1COC[C@@H]1n1cc(NC(=O)CCc2ccccc2)cn1. The molecular weight excluding hydrogens is 280 g/mol. The number of carbonyl (C=O) groups is 1. The van der Waals surface area contributed by atoms with E-state index >= 15 is 0 Å². The van der Waals surface area contributed by atoms with Crippen molar-refractivity contribution in [2.45, 2.75) is 24.9 Å². The molecule has 0 unspecified atom stereocenters. The van der Waals surface area contributed by atoms with Crippen LogP contribution >= 0.6 is 0 Å². The van der Waals surface area contributed by atoms with Gasteiger partial charge in [0.25, 0.3) is 0 Å². The van der Waals surface area contributed by atoms with Crippen molar-refractivity contribution in [2.75, 3.05) is 18.5 Å². The fraction of sp³-hybridized carbons (Fsp3) is 0.375. The Labute approximate surface area is 129 Å². The quantitative estimate of drug-likeness (QED) is 0.873. The zero-order chi connectivity index (χ0) is 15.4. The number of aryl methyl sites for hydroxylation is 1. The molecule has 0 bridgehead atoms. The molecule has 0 radical (unpaired) electrons. The largest absolute Gasteiger partial charge is 0.377 e. The third-order valence-corrected chi connectivity index (χ3v) is 3.80. The molecule has 1 fully saturated rings. The summed E-state index contributed by atoms with van der Waals surface area (Å²) in [5, 5.41) is 7.13. The van der Waals surface area contributed by atoms with Gasteiger partial charge in [0, 0.05) is 12.6 Å². The monoisotopic (exact) mass is 300 g/mol. The highest BCUT2D eigenvalue weighted by Gasteiger charge is 2.27. The Morgan fingerprint density at radius 2 is 2.18 bits per heavy atom. The second kappa shape index (κ2) is 6.72. The van der Waals surface area contributed by atoms with E-state index in [2.05, 4.69) is 10.4 Å². The van der Waals surface area contributed by atoms with Crippen LogP contribution in [0.5, 0.6) is 0 Å². The predicted molar refractivity (Wildman–Crippen MR) is 83.5 cm³/mol. The molecule has 1 aromatic carbocycles. The number of hydrogen-bond acceptors (Lipinski definition) is 4. The van der Waals surface area contributed by atoms with Crippen molar-refractivity contribution < 1.29 is 9.53 Å². The molecule has 0 saturated carbocycles. The van der Waals surface area contributed by atoms with Crippen molar-refractivity contribution in [3.8, 4) is 0 Å². The lowest BCUT2D eigenvalue weighted by Crippen LogP contribution is -2.31. The molecule has 1 aliphatic heterocycles. The lowest BCUT2D eigenvalue weighted by Gasteiger charge is -2.12. The van der Waals surface area contributed by atoms with Crippen molar-refractivity contribution in [2.24, 2.45) is 5.73 Å². The fourth-order valence-corrected chi connectivity index (χ4v) is 2.54. The molecule has 1 aliphatic rings. The third kappa shape index (κ3) is 3.52. The summed E-state index contributed by atoms with van der Waals surface area (Å²) >= 11 is 0. The maximum absolute atomic E-state index is 12.0. The number of amides is 1. The molecule has 0 aliphatic carbocycles. The molecule has 1 aromatic heterocycles. The first-order valence-electron chi connectivity index (χ1n) is 7.43. The van der Waals surface area contributed by atoms with E-state index in [0.717, 1.165) is 12.0 Å². The molecule has 22 heavy (non-hydrogen) atoms. The van der Waals surface area contributed by atoms with Gasteiger partial charge in [-0.3, -0.25) is 9.48 Å². The summed E-state index contributed by atoms with van der Waals surface area (Å²) in [5.74, 6) is -0.0182. The second-order valence-corrected chi connectivity index (χ2v) is 5.51. The molecule has 1 amide bonds. The molecule has 116 valence electrons. The van der Waals surface area contributed by atoms with Crippen molar-refractivity contribution in [1.82, 2.24) is 9.78 Å². The Morgan fingerprint density at radius 3 is 2.91 bits per heavy atom. The van der Waals surface area contributed by atoms with E-state index in [1.165, 1.54) is 0 Å². The summed E-state index contributed by atoms with van der Waals surface area (Å²) in [6.45, 7) is 1.10. The Hall–Kier alpha value is -2.18. The van der Waals surface area contributed by atoms with Gasteiger partial charge in [0.15, 0.2) is 0 Å². The van der Waals surface area contributed by atoms with Gasteiger partial charge in [-0.15, -0.1) is 0 Å². The Bertz CT molecular complexity index is 626. The van der Waals surface area contributed by atoms with Crippen LogP contribution in [0.15, 0.2) is 42.7 Å². The van der Waals surface area contributed by atoms with Crippen LogP contribution in [0.25, 0.3) is 0 Å². The molecule has 1 saturated heterocycles. The zero-order valence-corrected chi connectivity index (χ0v) is 12.3. The van der Waals surface area contributed by atoms with Gasteiger partial charge in [-0.05, 0) is 12.0 Å². The van der Waals surface area contributed by atoms with Crippen LogP contribution in [0.4, 0.5) is 5.69 Å². The lowest BCUT2D eigenvalue weighted by atomic mass is 10.1. The molecule has 2 atom stereocenters. The van der Waals surface area contributed by atoms with E-state index in [1.54, 1.807) is 17.1 Å². The first-order valence-corrected chi connectivity index (χ1v) is 7.43. The number of nitrogens with zero attached hydrogens (tertiary/aromatic N) is 2. The normalized spacial score (nSPS) is 21.0. The molecule has 2 aromatic rings. The van der Waals surface area contributed by atoms with Gasteiger partial charge in [-0.1, -0.05) is 30.3 Å². The number of anilines is 1. The van der Waals surface area contributed by atoms with Gasteiger partial charge >= 0.3 is 0 Å². The first-order chi connectivity index (χ1) is 10.7. The number of benzene rings is 1. The van der Waals surface area contributed by atoms with Gasteiger partial charge in [-0.25, -0.2) is 0 Å². The summed E-state index contributed by atoms with van der Waals surface area (Å²) < 4.78 is 7.10. The number of rotatable bonds is 5. The maximum atomic E-state index is 12.0. The number of carbonyl (C=O) groups excluding carboxylic acids is 1. The number of nitrogens with one attached hydrogen (secondary N) is 1. The van der Waals surface area contributed by atoms with Gasteiger partial charge in [0.1, 0.15) is 0 Å². The van der Waals surface area contributed by atoms with Crippen molar-refractivity contribution in [3.05, 3.63) is 48.3 Å². The molecule has 3 N–H and O–H groups in total. The van der Waals surface area contributed by atoms with Crippen LogP contribution in [0, 0.1) is 0 Å². The second-order valence-electron chi connectivity index (χ2n) is 5.51. The van der Waals surface area contributed by atoms with E-state index in [-0.39, 0.29) is 18.0 Å². The molecule has 6 heteroatoms. The third-order valence-electron chi connectivity index (χ3n) is 3.80. The summed E-state index contributed by atoms with van der Waals surface area (Å²) in [6, 6.07) is 9.94. The smallest absolute Gasteiger partial charge is 0.224 e. The van der Waals surface area contributed by atoms with Gasteiger partial charge in [-0.2, -0.15) is 5.10 Å². The Kier molecular flexibility index (Phi) is 4.50. The predicted octanol–water partition coefficient (Wildman–Crippen LogP) is 1.35. The minimum atomic E-state index is -0.0541. The first kappa shape index (κ1) is 14.7. The van der Waals surface area contributed by atoms with Crippen LogP contribution in [0.1, 0.15) is 18.0 Å². The molecule has 2 heterocycles. The summed E-state index contributed by atoms with van der Waals surface area (Å²) in [7, 11) is 0. The minimum absolute atomic E-state index is 0.0182. The van der Waals surface area contributed by atoms with Gasteiger partial charge < -0.3 is 15.8 Å². The zero-order valence-electron chi connectivity index (χ0n) is 12.3. The molecular formula is C16H20N4O2. The van der Waals surface area contributed by atoms with Crippen molar-refractivity contribution >= 4 is 11.6 Å². The van der Waals surface area contributed by atoms with Crippen LogP contribution < -0.4 is 11.1 Å². The highest BCUT2D eigenvalue weighted by molar-refractivity contribution is 5.90. The number of nitrogens with two attached hydrogens (primary N) is 1. The number of aromatic nitrogens is 2. The highest BCUT2D eigenvalue weighted by Crippen LogP contribution is 2.19. The average Bonchev–Trinajstić information content (AvgIpc) is 3.15. The van der Waals surface area contributed by atoms with Crippen LogP contribution in [0.3, 0.4) is 0 Å². The Balaban J connectivity index is 1.52. The fourth-order valence-electron chi connectivity index (χ4n) is 2.54. The number of ether oxygens (including phenoxy) is 1. The van der Waals surface area contributed by atoms with Gasteiger partial charge in [0.05, 0.1) is 37.2 Å². The van der Waals surface area contributed by atoms with Crippen LogP contribution in [0.2, 0.25) is 0 Å². The molecule has 6 nitrogen and oxygen atoms in total. The summed E-state index contributed by atoms with van der Waals surface area (Å²) in [6.07, 6.45) is 4.62. The highest BCUT2D eigenvalue weighted by atomic mass is 16.5. The Morgan fingerprint density at radius 1 is 1.36 bits per heavy atom. The van der Waals surface area contributed by atoms with Gasteiger partial charge in [0.2, 0.25) is 5.91 Å². The van der Waals surface area contributed by atoms with E-state index in [0.29, 0.717) is 25.3 Å². The van der Waals surface area contributed by atoms with Crippen molar-refractivity contribution in [1.29, 1.82) is 0 Å². The van der Waals surface area contributed by atoms with Crippen LogP contribution in [-0.4, -0.2) is 34.9 Å². The van der Waals surface area contributed by atoms with Crippen molar-refractivity contribution in [3.63, 3.8) is 0 Å². The van der Waals surface area contributed by atoms with E-state index < -0.39 is 0 Å². The van der Waals surface area contributed by atoms with E-state index in [1.807, 2.05) is 30.3 Å². The summed E-state index contributed by atoms with van der Waals surface area (Å²) in [5.41, 5.74) is 7.81. The lowest BCUT2D eigenvalue weighted by molar-refractivity contribution is -0.116. The average molecular weight is 300 g/mol. The number of hydrogen-bond donors (Lipinski definition) is 2.